The quantitative estimate of drug-likeness (QED) is 0.347. The summed E-state index contributed by atoms with van der Waals surface area (Å²) in [5.41, 5.74) is 1.34. The first kappa shape index (κ1) is 21.7. The van der Waals surface area contributed by atoms with Gasteiger partial charge in [0.05, 0.1) is 5.54 Å². The molecule has 174 valence electrons. The van der Waals surface area contributed by atoms with E-state index in [2.05, 4.69) is 33.7 Å². The third-order valence-electron chi connectivity index (χ3n) is 7.29. The Bertz CT molecular complexity index is 1420. The topological polar surface area (TPSA) is 51.1 Å². The van der Waals surface area contributed by atoms with Crippen molar-refractivity contribution in [1.82, 2.24) is 19.9 Å². The van der Waals surface area contributed by atoms with Crippen LogP contribution in [0.5, 0.6) is 6.01 Å². The van der Waals surface area contributed by atoms with Gasteiger partial charge in [-0.2, -0.15) is 4.98 Å². The van der Waals surface area contributed by atoms with Crippen LogP contribution in [0.1, 0.15) is 33.1 Å². The van der Waals surface area contributed by atoms with Crippen LogP contribution < -0.4 is 4.74 Å². The highest BCUT2D eigenvalue weighted by Gasteiger charge is 2.52. The van der Waals surface area contributed by atoms with E-state index in [1.165, 1.54) is 6.42 Å². The molecule has 6 rings (SSSR count). The maximum atomic E-state index is 15.8. The molecule has 0 spiro atoms. The van der Waals surface area contributed by atoms with E-state index in [4.69, 9.17) is 16.3 Å². The molecule has 0 radical (unpaired) electrons. The van der Waals surface area contributed by atoms with Crippen LogP contribution in [-0.4, -0.2) is 45.1 Å². The van der Waals surface area contributed by atoms with Gasteiger partial charge in [-0.05, 0) is 42.7 Å². The van der Waals surface area contributed by atoms with E-state index < -0.39 is 5.82 Å². The van der Waals surface area contributed by atoms with Crippen LogP contribution in [0.15, 0.2) is 48.8 Å². The Hall–Kier alpha value is -2.83. The van der Waals surface area contributed by atoms with Gasteiger partial charge in [-0.25, -0.2) is 9.37 Å². The van der Waals surface area contributed by atoms with Crippen LogP contribution in [-0.2, 0) is 0 Å². The zero-order chi connectivity index (χ0) is 23.5. The second-order valence-electron chi connectivity index (χ2n) is 10.4. The van der Waals surface area contributed by atoms with Gasteiger partial charge in [0.1, 0.15) is 17.8 Å². The molecule has 0 aliphatic carbocycles. The van der Waals surface area contributed by atoms with Gasteiger partial charge >= 0.3 is 6.01 Å². The van der Waals surface area contributed by atoms with Gasteiger partial charge in [-0.3, -0.25) is 9.88 Å². The van der Waals surface area contributed by atoms with Crippen LogP contribution >= 0.6 is 11.6 Å². The van der Waals surface area contributed by atoms with E-state index in [1.807, 2.05) is 30.3 Å². The fourth-order valence-corrected chi connectivity index (χ4v) is 6.30. The summed E-state index contributed by atoms with van der Waals surface area (Å²) in [6.45, 7) is 7.31. The Morgan fingerprint density at radius 2 is 1.88 bits per heavy atom. The molecule has 2 aliphatic rings. The molecule has 1 atom stereocenters. The molecular weight excluding hydrogens is 451 g/mol. The van der Waals surface area contributed by atoms with Crippen molar-refractivity contribution in [1.29, 1.82) is 0 Å². The molecule has 2 saturated heterocycles. The fourth-order valence-electron chi connectivity index (χ4n) is 6.02. The first-order chi connectivity index (χ1) is 16.4. The summed E-state index contributed by atoms with van der Waals surface area (Å²) < 4.78 is 21.9. The summed E-state index contributed by atoms with van der Waals surface area (Å²) in [4.78, 5) is 15.8. The molecule has 0 amide bonds. The Kier molecular flexibility index (Phi) is 5.01. The average Bonchev–Trinajstić information content (AvgIpc) is 3.30. The highest BCUT2D eigenvalue weighted by atomic mass is 35.5. The normalized spacial score (nSPS) is 21.9. The van der Waals surface area contributed by atoms with Gasteiger partial charge in [0.2, 0.25) is 0 Å². The number of halogens is 2. The van der Waals surface area contributed by atoms with E-state index in [0.29, 0.717) is 22.6 Å². The monoisotopic (exact) mass is 476 g/mol. The van der Waals surface area contributed by atoms with Crippen molar-refractivity contribution in [3.05, 3.63) is 59.6 Å². The van der Waals surface area contributed by atoms with Crippen LogP contribution in [0.2, 0.25) is 5.02 Å². The summed E-state index contributed by atoms with van der Waals surface area (Å²) in [6, 6.07) is 11.5. The lowest BCUT2D eigenvalue weighted by Gasteiger charge is -2.31. The summed E-state index contributed by atoms with van der Waals surface area (Å²) in [6.07, 6.45) is 6.54. The van der Waals surface area contributed by atoms with Crippen molar-refractivity contribution in [3.63, 3.8) is 0 Å². The van der Waals surface area contributed by atoms with E-state index in [9.17, 15) is 0 Å². The molecule has 0 bridgehead atoms. The van der Waals surface area contributed by atoms with E-state index in [0.717, 1.165) is 36.7 Å². The summed E-state index contributed by atoms with van der Waals surface area (Å²) >= 11 is 6.48. The average molecular weight is 477 g/mol. The zero-order valence-corrected chi connectivity index (χ0v) is 20.1. The van der Waals surface area contributed by atoms with Gasteiger partial charge in [0, 0.05) is 40.3 Å². The smallest absolute Gasteiger partial charge is 0.317 e. The van der Waals surface area contributed by atoms with Gasteiger partial charge in [0.25, 0.3) is 0 Å². The van der Waals surface area contributed by atoms with Gasteiger partial charge in [-0.15, -0.1) is 0 Å². The minimum Gasteiger partial charge on any atom is -0.461 e. The molecule has 2 fully saturated rings. The van der Waals surface area contributed by atoms with Crippen LogP contribution in [0.4, 0.5) is 4.39 Å². The maximum Gasteiger partial charge on any atom is 0.317 e. The molecule has 4 heterocycles. The molecule has 4 aromatic rings. The van der Waals surface area contributed by atoms with Crippen molar-refractivity contribution >= 4 is 33.3 Å². The molecule has 2 aromatic heterocycles. The van der Waals surface area contributed by atoms with E-state index in [-0.39, 0.29) is 28.2 Å². The van der Waals surface area contributed by atoms with Crippen LogP contribution in [0.25, 0.3) is 32.9 Å². The minimum atomic E-state index is -0.500. The lowest BCUT2D eigenvalue weighted by Crippen LogP contribution is -2.43. The van der Waals surface area contributed by atoms with Crippen molar-refractivity contribution in [2.45, 2.75) is 38.6 Å². The van der Waals surface area contributed by atoms with E-state index in [1.54, 1.807) is 18.5 Å². The number of benzene rings is 2. The number of hydrogen-bond donors (Lipinski definition) is 0. The van der Waals surface area contributed by atoms with Gasteiger partial charge < -0.3 is 4.74 Å². The molecule has 0 N–H and O–H groups in total. The molecule has 0 saturated carbocycles. The predicted molar refractivity (Wildman–Crippen MR) is 133 cm³/mol. The molecule has 34 heavy (non-hydrogen) atoms. The number of pyridine rings is 1. The SMILES string of the molecule is CC1(C)CN2CCCC2(COc2ncc3cnc(-c4cccc5cccc(Cl)c45)c(F)c3n2)C1. The Labute approximate surface area is 202 Å². The summed E-state index contributed by atoms with van der Waals surface area (Å²) in [5, 5.41) is 2.79. The standard InChI is InChI=1S/C27H26ClFN4O/c1-26(2)14-27(10-5-11-33(27)15-26)16-34-25-31-13-18-12-30-24(22(29)23(18)32-25)19-8-3-6-17-7-4-9-20(28)21(17)19/h3-4,6-9,12-13H,5,10-11,14-16H2,1-2H3. The molecule has 7 heteroatoms. The Balaban J connectivity index is 1.36. The number of ether oxygens (including phenoxy) is 1. The number of hydrogen-bond acceptors (Lipinski definition) is 5. The Morgan fingerprint density at radius 3 is 2.74 bits per heavy atom. The fraction of sp³-hybridized carbons (Fsp3) is 0.370. The first-order valence-electron chi connectivity index (χ1n) is 11.7. The molecule has 1 unspecified atom stereocenters. The first-order valence-corrected chi connectivity index (χ1v) is 12.1. The number of aromatic nitrogens is 3. The minimum absolute atomic E-state index is 0.0173. The molecule has 5 nitrogen and oxygen atoms in total. The third-order valence-corrected chi connectivity index (χ3v) is 7.60. The van der Waals surface area contributed by atoms with Crippen LogP contribution in [0.3, 0.4) is 0 Å². The lowest BCUT2D eigenvalue weighted by atomic mass is 9.83. The third kappa shape index (κ3) is 3.51. The molecular formula is C27H26ClFN4O. The van der Waals surface area contributed by atoms with E-state index >= 15 is 4.39 Å². The summed E-state index contributed by atoms with van der Waals surface area (Å²) in [5.74, 6) is -0.500. The highest BCUT2D eigenvalue weighted by Crippen LogP contribution is 2.47. The summed E-state index contributed by atoms with van der Waals surface area (Å²) in [7, 11) is 0. The number of fused-ring (bicyclic) bond motifs is 3. The second kappa shape index (κ2) is 7.85. The second-order valence-corrected chi connectivity index (χ2v) is 10.8. The van der Waals surface area contributed by atoms with Gasteiger partial charge in [0.15, 0.2) is 5.82 Å². The highest BCUT2D eigenvalue weighted by molar-refractivity contribution is 6.36. The lowest BCUT2D eigenvalue weighted by molar-refractivity contribution is 0.107. The molecule has 2 aromatic carbocycles. The molecule has 2 aliphatic heterocycles. The van der Waals surface area contributed by atoms with Crippen molar-refractivity contribution < 1.29 is 9.13 Å². The largest absolute Gasteiger partial charge is 0.461 e. The predicted octanol–water partition coefficient (Wildman–Crippen LogP) is 6.28. The number of nitrogens with zero attached hydrogens (tertiary/aromatic N) is 4. The van der Waals surface area contributed by atoms with Gasteiger partial charge in [-0.1, -0.05) is 55.8 Å². The maximum absolute atomic E-state index is 15.8. The van der Waals surface area contributed by atoms with Crippen molar-refractivity contribution in [3.8, 4) is 17.3 Å². The van der Waals surface area contributed by atoms with Crippen LogP contribution in [0, 0.1) is 11.2 Å². The number of rotatable bonds is 4. The van der Waals surface area contributed by atoms with Crippen molar-refractivity contribution in [2.75, 3.05) is 19.7 Å². The Morgan fingerprint density at radius 1 is 1.09 bits per heavy atom. The zero-order valence-electron chi connectivity index (χ0n) is 19.3. The van der Waals surface area contributed by atoms with Crippen molar-refractivity contribution in [2.24, 2.45) is 5.41 Å².